The molecule has 6 aromatic carbocycles. The summed E-state index contributed by atoms with van der Waals surface area (Å²) < 4.78 is 2.60. The highest BCUT2D eigenvalue weighted by molar-refractivity contribution is 7.31. The van der Waals surface area contributed by atoms with E-state index >= 15 is 0 Å². The molecule has 0 saturated carbocycles. The Morgan fingerprint density at radius 2 is 0.901 bits per heavy atom. The summed E-state index contributed by atoms with van der Waals surface area (Å²) in [7, 11) is 0. The molecule has 340 valence electrons. The predicted octanol–water partition coefficient (Wildman–Crippen LogP) is 18.0. The Balaban J connectivity index is 1.08. The van der Waals surface area contributed by atoms with Gasteiger partial charge in [0.15, 0.2) is 19.3 Å². The maximum absolute atomic E-state index is 5.13. The lowest BCUT2D eigenvalue weighted by Gasteiger charge is -2.36. The van der Waals surface area contributed by atoms with Crippen molar-refractivity contribution in [3.8, 4) is 42.0 Å². The normalized spacial score (nSPS) is 16.7. The van der Waals surface area contributed by atoms with Crippen molar-refractivity contribution in [2.24, 2.45) is 0 Å². The van der Waals surface area contributed by atoms with Crippen LogP contribution >= 0.6 is 68.0 Å². The van der Waals surface area contributed by atoms with E-state index in [-0.39, 0.29) is 0 Å². The molecule has 71 heavy (non-hydrogen) atoms. The number of thiazole rings is 4. The standard InChI is InChI=1S/C61H40N4S6/c1-32-6-5-7-38(17-8-32)60(39-18-9-33(2)10-19-39)46-28-45-43-25-16-37-27-49(55-65-59-57(71-55)63-31-67-59)69-53(37)51(43)61(40-20-11-34(3)12-21-40,41-22-13-35(4)14-23-41)47(45)29-44(46)42-24-15-36-26-48(68-52(36)50(42)60)54-64-58-56(70-54)62-30-66-58/h6-31H,5H2,1-4H3. The van der Waals surface area contributed by atoms with Gasteiger partial charge < -0.3 is 0 Å². The second kappa shape index (κ2) is 15.5. The van der Waals surface area contributed by atoms with Gasteiger partial charge in [-0.1, -0.05) is 166 Å². The van der Waals surface area contributed by atoms with Gasteiger partial charge >= 0.3 is 0 Å². The van der Waals surface area contributed by atoms with Gasteiger partial charge in [0.05, 0.1) is 31.6 Å². The van der Waals surface area contributed by atoms with Crippen LogP contribution in [0.15, 0.2) is 168 Å². The molecule has 6 heterocycles. The van der Waals surface area contributed by atoms with E-state index < -0.39 is 10.8 Å². The maximum Gasteiger partial charge on any atom is 0.155 e. The lowest BCUT2D eigenvalue weighted by molar-refractivity contribution is 0.763. The lowest BCUT2D eigenvalue weighted by Crippen LogP contribution is -2.30. The first kappa shape index (κ1) is 42.2. The molecule has 3 aliphatic carbocycles. The smallest absolute Gasteiger partial charge is 0.155 e. The zero-order chi connectivity index (χ0) is 47.3. The highest BCUT2D eigenvalue weighted by Gasteiger charge is 2.53. The largest absolute Gasteiger partial charge is 0.232 e. The molecule has 15 rings (SSSR count). The first-order valence-electron chi connectivity index (χ1n) is 23.8. The number of rotatable bonds is 6. The third kappa shape index (κ3) is 5.97. The number of benzene rings is 6. The molecule has 1 atom stereocenters. The van der Waals surface area contributed by atoms with Gasteiger partial charge in [0.1, 0.15) is 10.0 Å². The molecule has 3 aliphatic rings. The van der Waals surface area contributed by atoms with Gasteiger partial charge in [-0.3, -0.25) is 0 Å². The summed E-state index contributed by atoms with van der Waals surface area (Å²) in [6.45, 7) is 8.82. The van der Waals surface area contributed by atoms with E-state index in [0.29, 0.717) is 0 Å². The van der Waals surface area contributed by atoms with E-state index in [2.05, 4.69) is 183 Å². The predicted molar refractivity (Wildman–Crippen MR) is 305 cm³/mol. The number of hydrogen-bond acceptors (Lipinski definition) is 10. The molecule has 10 heteroatoms. The van der Waals surface area contributed by atoms with Crippen LogP contribution in [0.5, 0.6) is 0 Å². The topological polar surface area (TPSA) is 51.6 Å². The molecule has 1 unspecified atom stereocenters. The molecule has 0 saturated heterocycles. The molecule has 0 bridgehead atoms. The summed E-state index contributed by atoms with van der Waals surface area (Å²) in [5.74, 6) is 0. The highest BCUT2D eigenvalue weighted by Crippen LogP contribution is 2.66. The fraction of sp³-hybridized carbons (Fsp3) is 0.115. The maximum atomic E-state index is 5.13. The monoisotopic (exact) mass is 1020 g/mol. The molecular weight excluding hydrogens is 981 g/mol. The number of aromatic nitrogens is 4. The number of thiophene rings is 2. The molecule has 6 aromatic heterocycles. The van der Waals surface area contributed by atoms with Crippen LogP contribution in [0.25, 0.3) is 81.5 Å². The SMILES string of the molecule is CC1=CCC=C(C2(c3ccc(C)cc3)c3cc4c(cc3-c3ccc5cc(-c6nc7scnc7s6)sc5c32)C(c2ccc(C)cc2)(c2ccc(C)cc2)c2c-4ccc3cc(-c4nc5scnc5s4)sc23)C=C1. The van der Waals surface area contributed by atoms with Gasteiger partial charge in [-0.15, -0.1) is 45.3 Å². The van der Waals surface area contributed by atoms with Gasteiger partial charge in [-0.2, -0.15) is 0 Å². The average Bonchev–Trinajstić information content (AvgIpc) is 4.25. The van der Waals surface area contributed by atoms with Crippen LogP contribution in [-0.2, 0) is 10.8 Å². The van der Waals surface area contributed by atoms with Gasteiger partial charge in [0.25, 0.3) is 0 Å². The van der Waals surface area contributed by atoms with Crippen molar-refractivity contribution in [3.63, 3.8) is 0 Å². The van der Waals surface area contributed by atoms with E-state index in [4.69, 9.17) is 9.97 Å². The Labute approximate surface area is 434 Å². The molecule has 0 fully saturated rings. The average molecular weight is 1020 g/mol. The highest BCUT2D eigenvalue weighted by atomic mass is 32.1. The molecule has 4 nitrogen and oxygen atoms in total. The summed E-state index contributed by atoms with van der Waals surface area (Å²) >= 11 is 10.4. The number of allylic oxidation sites excluding steroid dienone is 6. The minimum atomic E-state index is -0.642. The minimum absolute atomic E-state index is 0.639. The summed E-state index contributed by atoms with van der Waals surface area (Å²) in [6, 6.07) is 47.8. The Hall–Kier alpha value is -6.50. The zero-order valence-corrected chi connectivity index (χ0v) is 43.9. The van der Waals surface area contributed by atoms with E-state index in [0.717, 1.165) is 35.8 Å². The number of nitrogens with zero attached hydrogens (tertiary/aromatic N) is 4. The second-order valence-corrected chi connectivity index (χ2v) is 24.9. The van der Waals surface area contributed by atoms with Crippen LogP contribution in [0.2, 0.25) is 0 Å². The number of aryl methyl sites for hydroxylation is 3. The molecular formula is C61H40N4S6. The van der Waals surface area contributed by atoms with Crippen LogP contribution in [0.3, 0.4) is 0 Å². The van der Waals surface area contributed by atoms with Crippen LogP contribution in [0, 0.1) is 20.8 Å². The van der Waals surface area contributed by atoms with Gasteiger partial charge in [-0.25, -0.2) is 19.9 Å². The second-order valence-electron chi connectivity index (χ2n) is 19.2. The molecule has 0 radical (unpaired) electrons. The fourth-order valence-corrected chi connectivity index (χ4v) is 18.0. The van der Waals surface area contributed by atoms with Crippen molar-refractivity contribution in [1.29, 1.82) is 0 Å². The lowest BCUT2D eigenvalue weighted by atomic mass is 9.65. The van der Waals surface area contributed by atoms with Gasteiger partial charge in [0.2, 0.25) is 0 Å². The first-order valence-corrected chi connectivity index (χ1v) is 28.8. The van der Waals surface area contributed by atoms with Crippen LogP contribution in [0.4, 0.5) is 0 Å². The van der Waals surface area contributed by atoms with Crippen LogP contribution in [0.1, 0.15) is 69.0 Å². The van der Waals surface area contributed by atoms with Crippen LogP contribution in [-0.4, -0.2) is 19.9 Å². The Kier molecular flexibility index (Phi) is 9.21. The zero-order valence-electron chi connectivity index (χ0n) is 39.0. The van der Waals surface area contributed by atoms with Crippen molar-refractivity contribution >= 4 is 108 Å². The minimum Gasteiger partial charge on any atom is -0.232 e. The molecule has 12 aromatic rings. The molecule has 0 N–H and O–H groups in total. The number of hydrogen-bond donors (Lipinski definition) is 0. The van der Waals surface area contributed by atoms with Crippen molar-refractivity contribution in [2.45, 2.75) is 44.9 Å². The van der Waals surface area contributed by atoms with Crippen molar-refractivity contribution in [1.82, 2.24) is 19.9 Å². The summed E-state index contributed by atoms with van der Waals surface area (Å²) in [4.78, 5) is 25.9. The Morgan fingerprint density at radius 3 is 1.39 bits per heavy atom. The van der Waals surface area contributed by atoms with Crippen molar-refractivity contribution in [3.05, 3.63) is 223 Å². The Morgan fingerprint density at radius 1 is 0.437 bits per heavy atom. The van der Waals surface area contributed by atoms with E-state index in [1.165, 1.54) is 119 Å². The first-order chi connectivity index (χ1) is 34.7. The molecule has 0 spiro atoms. The van der Waals surface area contributed by atoms with Gasteiger partial charge in [0, 0.05) is 9.40 Å². The Bertz CT molecular complexity index is 4190. The van der Waals surface area contributed by atoms with E-state index in [1.54, 1.807) is 45.3 Å². The summed E-state index contributed by atoms with van der Waals surface area (Å²) in [6.07, 6.45) is 10.5. The third-order valence-electron chi connectivity index (χ3n) is 15.1. The number of fused-ring (bicyclic) bond motifs is 12. The van der Waals surface area contributed by atoms with Crippen LogP contribution < -0.4 is 0 Å². The van der Waals surface area contributed by atoms with E-state index in [9.17, 15) is 0 Å². The van der Waals surface area contributed by atoms with E-state index in [1.807, 2.05) is 33.7 Å². The summed E-state index contributed by atoms with van der Waals surface area (Å²) in [5.41, 5.74) is 23.1. The van der Waals surface area contributed by atoms with Gasteiger partial charge in [-0.05, 0) is 136 Å². The quantitative estimate of drug-likeness (QED) is 0.167. The molecule has 0 aliphatic heterocycles. The third-order valence-corrected chi connectivity index (χ3v) is 21.4. The molecule has 0 amide bonds. The van der Waals surface area contributed by atoms with Crippen molar-refractivity contribution < 1.29 is 0 Å². The van der Waals surface area contributed by atoms with Crippen molar-refractivity contribution in [2.75, 3.05) is 0 Å². The fourth-order valence-electron chi connectivity index (χ4n) is 11.9. The summed E-state index contributed by atoms with van der Waals surface area (Å²) in [5, 5.41) is 4.54.